The molecule has 0 spiro atoms. The quantitative estimate of drug-likeness (QED) is 0.862. The normalized spacial score (nSPS) is 10.1. The number of urea groups is 1. The first kappa shape index (κ1) is 15.8. The summed E-state index contributed by atoms with van der Waals surface area (Å²) in [4.78, 5) is 11.7. The Morgan fingerprint density at radius 2 is 1.86 bits per heavy atom. The lowest BCUT2D eigenvalue weighted by atomic mass is 10.1. The molecule has 0 aliphatic carbocycles. The predicted octanol–water partition coefficient (Wildman–Crippen LogP) is 2.88. The maximum atomic E-state index is 12.8. The van der Waals surface area contributed by atoms with Crippen LogP contribution in [-0.2, 0) is 13.0 Å². The van der Waals surface area contributed by atoms with Crippen LogP contribution in [-0.4, -0.2) is 19.7 Å². The Bertz CT molecular complexity index is 614. The molecule has 116 valence electrons. The van der Waals surface area contributed by atoms with Crippen LogP contribution < -0.4 is 15.4 Å². The number of carbonyl (C=O) groups excluding carboxylic acids is 1. The molecule has 2 aromatic rings. The number of methoxy groups -OCH3 is 1. The maximum absolute atomic E-state index is 12.8. The molecular formula is C17H19FN2O2. The summed E-state index contributed by atoms with van der Waals surface area (Å²) in [6.07, 6.45) is 0.723. The zero-order chi connectivity index (χ0) is 15.8. The van der Waals surface area contributed by atoms with Gasteiger partial charge in [-0.15, -0.1) is 0 Å². The second-order valence-electron chi connectivity index (χ2n) is 4.84. The Morgan fingerprint density at radius 1 is 1.09 bits per heavy atom. The predicted molar refractivity (Wildman–Crippen MR) is 83.3 cm³/mol. The van der Waals surface area contributed by atoms with Gasteiger partial charge in [-0.2, -0.15) is 0 Å². The number of nitrogens with one attached hydrogen (secondary N) is 2. The summed E-state index contributed by atoms with van der Waals surface area (Å²) in [6, 6.07) is 13.5. The Balaban J connectivity index is 1.70. The molecule has 0 radical (unpaired) electrons. The highest BCUT2D eigenvalue weighted by Gasteiger charge is 2.01. The van der Waals surface area contributed by atoms with Crippen molar-refractivity contribution in [2.45, 2.75) is 13.0 Å². The highest BCUT2D eigenvalue weighted by Crippen LogP contribution is 2.12. The monoisotopic (exact) mass is 302 g/mol. The smallest absolute Gasteiger partial charge is 0.315 e. The number of hydrogen-bond donors (Lipinski definition) is 2. The fraction of sp³-hybridized carbons (Fsp3) is 0.235. The third-order valence-corrected chi connectivity index (χ3v) is 3.20. The molecule has 5 heteroatoms. The molecule has 2 amide bonds. The second kappa shape index (κ2) is 8.02. The number of rotatable bonds is 6. The van der Waals surface area contributed by atoms with E-state index in [9.17, 15) is 9.18 Å². The largest absolute Gasteiger partial charge is 0.497 e. The lowest BCUT2D eigenvalue weighted by Crippen LogP contribution is -2.36. The summed E-state index contributed by atoms with van der Waals surface area (Å²) in [7, 11) is 1.63. The third kappa shape index (κ3) is 5.09. The lowest BCUT2D eigenvalue weighted by Gasteiger charge is -2.08. The molecule has 0 fully saturated rings. The maximum Gasteiger partial charge on any atom is 0.315 e. The number of hydrogen-bond acceptors (Lipinski definition) is 2. The van der Waals surface area contributed by atoms with Gasteiger partial charge in [0.25, 0.3) is 0 Å². The van der Waals surface area contributed by atoms with Crippen LogP contribution in [0, 0.1) is 5.82 Å². The van der Waals surface area contributed by atoms with Gasteiger partial charge in [-0.1, -0.05) is 24.3 Å². The minimum absolute atomic E-state index is 0.243. The standard InChI is InChI=1S/C17H19FN2O2/c1-22-16-4-2-3-13(11-16)9-10-19-17(21)20-12-14-5-7-15(18)8-6-14/h2-8,11H,9-10,12H2,1H3,(H2,19,20,21). The summed E-state index contributed by atoms with van der Waals surface area (Å²) >= 11 is 0. The van der Waals surface area contributed by atoms with Gasteiger partial charge in [0.2, 0.25) is 0 Å². The van der Waals surface area contributed by atoms with E-state index in [1.54, 1.807) is 19.2 Å². The van der Waals surface area contributed by atoms with Crippen molar-refractivity contribution in [1.29, 1.82) is 0 Å². The van der Waals surface area contributed by atoms with Crippen LogP contribution in [0.5, 0.6) is 5.75 Å². The summed E-state index contributed by atoms with van der Waals surface area (Å²) in [6.45, 7) is 0.897. The molecule has 4 nitrogen and oxygen atoms in total. The fourth-order valence-electron chi connectivity index (χ4n) is 2.00. The highest BCUT2D eigenvalue weighted by molar-refractivity contribution is 5.73. The second-order valence-corrected chi connectivity index (χ2v) is 4.84. The zero-order valence-corrected chi connectivity index (χ0v) is 12.4. The van der Waals surface area contributed by atoms with Crippen LogP contribution >= 0.6 is 0 Å². The van der Waals surface area contributed by atoms with Crippen LogP contribution in [0.15, 0.2) is 48.5 Å². The van der Waals surface area contributed by atoms with Gasteiger partial charge in [0, 0.05) is 13.1 Å². The summed E-state index contributed by atoms with van der Waals surface area (Å²) in [5, 5.41) is 5.52. The molecule has 0 bridgehead atoms. The van der Waals surface area contributed by atoms with Gasteiger partial charge in [0.1, 0.15) is 11.6 Å². The number of carbonyl (C=O) groups is 1. The van der Waals surface area contributed by atoms with Crippen molar-refractivity contribution < 1.29 is 13.9 Å². The van der Waals surface area contributed by atoms with E-state index in [1.807, 2.05) is 24.3 Å². The first-order valence-electron chi connectivity index (χ1n) is 7.06. The van der Waals surface area contributed by atoms with E-state index in [0.29, 0.717) is 13.1 Å². The van der Waals surface area contributed by atoms with Gasteiger partial charge in [0.15, 0.2) is 0 Å². The van der Waals surface area contributed by atoms with Crippen molar-refractivity contribution in [2.75, 3.05) is 13.7 Å². The van der Waals surface area contributed by atoms with Crippen LogP contribution in [0.1, 0.15) is 11.1 Å². The van der Waals surface area contributed by atoms with Crippen molar-refractivity contribution in [1.82, 2.24) is 10.6 Å². The van der Waals surface area contributed by atoms with Gasteiger partial charge in [0.05, 0.1) is 7.11 Å². The first-order valence-corrected chi connectivity index (χ1v) is 7.06. The molecule has 22 heavy (non-hydrogen) atoms. The Morgan fingerprint density at radius 3 is 2.59 bits per heavy atom. The third-order valence-electron chi connectivity index (χ3n) is 3.20. The van der Waals surface area contributed by atoms with Crippen molar-refractivity contribution in [2.24, 2.45) is 0 Å². The van der Waals surface area contributed by atoms with Crippen LogP contribution in [0.4, 0.5) is 9.18 Å². The van der Waals surface area contributed by atoms with E-state index >= 15 is 0 Å². The average molecular weight is 302 g/mol. The Hall–Kier alpha value is -2.56. The Kier molecular flexibility index (Phi) is 5.77. The van der Waals surface area contributed by atoms with Crippen molar-refractivity contribution >= 4 is 6.03 Å². The summed E-state index contributed by atoms with van der Waals surface area (Å²) in [5.41, 5.74) is 1.95. The molecule has 0 heterocycles. The summed E-state index contributed by atoms with van der Waals surface area (Å²) < 4.78 is 17.9. The van der Waals surface area contributed by atoms with E-state index in [0.717, 1.165) is 23.3 Å². The molecule has 2 rings (SSSR count). The number of halogens is 1. The average Bonchev–Trinajstić information content (AvgIpc) is 2.54. The van der Waals surface area contributed by atoms with Crippen LogP contribution in [0.25, 0.3) is 0 Å². The fourth-order valence-corrected chi connectivity index (χ4v) is 2.00. The number of ether oxygens (including phenoxy) is 1. The topological polar surface area (TPSA) is 50.4 Å². The van der Waals surface area contributed by atoms with Crippen molar-refractivity contribution in [3.8, 4) is 5.75 Å². The van der Waals surface area contributed by atoms with E-state index in [2.05, 4.69) is 10.6 Å². The first-order chi connectivity index (χ1) is 10.7. The minimum atomic E-state index is -0.286. The van der Waals surface area contributed by atoms with Gasteiger partial charge >= 0.3 is 6.03 Å². The lowest BCUT2D eigenvalue weighted by molar-refractivity contribution is 0.240. The van der Waals surface area contributed by atoms with Crippen molar-refractivity contribution in [3.05, 3.63) is 65.5 Å². The molecule has 0 aliphatic heterocycles. The van der Waals surface area contributed by atoms with Crippen LogP contribution in [0.3, 0.4) is 0 Å². The minimum Gasteiger partial charge on any atom is -0.497 e. The molecule has 0 aliphatic rings. The number of benzene rings is 2. The van der Waals surface area contributed by atoms with Gasteiger partial charge in [-0.25, -0.2) is 9.18 Å². The summed E-state index contributed by atoms with van der Waals surface area (Å²) in [5.74, 6) is 0.518. The van der Waals surface area contributed by atoms with Gasteiger partial charge in [-0.3, -0.25) is 0 Å². The molecule has 0 unspecified atom stereocenters. The Labute approximate surface area is 129 Å². The molecule has 0 aromatic heterocycles. The SMILES string of the molecule is COc1cccc(CCNC(=O)NCc2ccc(F)cc2)c1. The molecule has 0 saturated carbocycles. The van der Waals surface area contributed by atoms with E-state index in [4.69, 9.17) is 4.74 Å². The van der Waals surface area contributed by atoms with Crippen LogP contribution in [0.2, 0.25) is 0 Å². The van der Waals surface area contributed by atoms with Gasteiger partial charge < -0.3 is 15.4 Å². The van der Waals surface area contributed by atoms with Gasteiger partial charge in [-0.05, 0) is 41.8 Å². The molecular weight excluding hydrogens is 283 g/mol. The highest BCUT2D eigenvalue weighted by atomic mass is 19.1. The zero-order valence-electron chi connectivity index (χ0n) is 12.4. The molecule has 0 atom stereocenters. The molecule has 2 aromatic carbocycles. The van der Waals surface area contributed by atoms with E-state index < -0.39 is 0 Å². The van der Waals surface area contributed by atoms with E-state index in [1.165, 1.54) is 12.1 Å². The molecule has 2 N–H and O–H groups in total. The number of amides is 2. The molecule has 0 saturated heterocycles. The van der Waals surface area contributed by atoms with Crippen molar-refractivity contribution in [3.63, 3.8) is 0 Å². The van der Waals surface area contributed by atoms with E-state index in [-0.39, 0.29) is 11.8 Å².